The maximum Gasteiger partial charge on any atom is 0.261 e. The average Bonchev–Trinajstić information content (AvgIpc) is 2.68. The van der Waals surface area contributed by atoms with Gasteiger partial charge in [-0.2, -0.15) is 0 Å². The summed E-state index contributed by atoms with van der Waals surface area (Å²) in [6.07, 6.45) is 0. The molecule has 0 saturated heterocycles. The van der Waals surface area contributed by atoms with E-state index in [4.69, 9.17) is 0 Å². The highest BCUT2D eigenvalue weighted by Crippen LogP contribution is 2.24. The summed E-state index contributed by atoms with van der Waals surface area (Å²) in [5.41, 5.74) is 3.48. The van der Waals surface area contributed by atoms with Crippen molar-refractivity contribution < 1.29 is 18.3 Å². The van der Waals surface area contributed by atoms with E-state index in [2.05, 4.69) is 10.0 Å². The van der Waals surface area contributed by atoms with Gasteiger partial charge in [0.15, 0.2) is 0 Å². The molecule has 28 heavy (non-hydrogen) atoms. The molecule has 7 heteroatoms. The van der Waals surface area contributed by atoms with Crippen LogP contribution in [-0.4, -0.2) is 19.4 Å². The number of aliphatic hydroxyl groups is 1. The van der Waals surface area contributed by atoms with Crippen LogP contribution in [0.1, 0.15) is 12.5 Å². The second-order valence-electron chi connectivity index (χ2n) is 6.25. The van der Waals surface area contributed by atoms with Crippen LogP contribution in [0.15, 0.2) is 77.7 Å². The molecule has 0 bridgehead atoms. The van der Waals surface area contributed by atoms with Gasteiger partial charge >= 0.3 is 0 Å². The predicted octanol–water partition coefficient (Wildman–Crippen LogP) is 3.61. The fourth-order valence-corrected chi connectivity index (χ4v) is 3.77. The van der Waals surface area contributed by atoms with Gasteiger partial charge in [0.1, 0.15) is 0 Å². The van der Waals surface area contributed by atoms with E-state index in [9.17, 15) is 18.3 Å². The van der Waals surface area contributed by atoms with Gasteiger partial charge in [-0.1, -0.05) is 36.4 Å². The molecule has 0 aromatic heterocycles. The molecule has 0 spiro atoms. The molecule has 0 aliphatic heterocycles. The van der Waals surface area contributed by atoms with Gasteiger partial charge in [0.05, 0.1) is 11.5 Å². The van der Waals surface area contributed by atoms with Crippen molar-refractivity contribution in [2.24, 2.45) is 0 Å². The predicted molar refractivity (Wildman–Crippen MR) is 109 cm³/mol. The number of amides is 1. The molecule has 3 aromatic carbocycles. The summed E-state index contributed by atoms with van der Waals surface area (Å²) in [4.78, 5) is 11.2. The van der Waals surface area contributed by atoms with Gasteiger partial charge in [0.25, 0.3) is 10.0 Å². The number of carbonyl (C=O) groups excluding carboxylic acids is 1. The first-order chi connectivity index (χ1) is 13.4. The number of benzene rings is 3. The minimum Gasteiger partial charge on any atom is -0.392 e. The second kappa shape index (κ2) is 8.24. The topological polar surface area (TPSA) is 95.5 Å². The van der Waals surface area contributed by atoms with Crippen LogP contribution < -0.4 is 10.0 Å². The van der Waals surface area contributed by atoms with Crippen LogP contribution in [0.3, 0.4) is 0 Å². The van der Waals surface area contributed by atoms with E-state index in [1.165, 1.54) is 19.1 Å². The molecule has 0 saturated carbocycles. The van der Waals surface area contributed by atoms with E-state index in [0.29, 0.717) is 16.9 Å². The van der Waals surface area contributed by atoms with Crippen molar-refractivity contribution in [2.75, 3.05) is 10.0 Å². The number of anilines is 2. The van der Waals surface area contributed by atoms with Crippen molar-refractivity contribution in [3.8, 4) is 11.1 Å². The van der Waals surface area contributed by atoms with Gasteiger partial charge in [0.2, 0.25) is 5.91 Å². The van der Waals surface area contributed by atoms with Gasteiger partial charge in [-0.15, -0.1) is 0 Å². The highest BCUT2D eigenvalue weighted by molar-refractivity contribution is 7.92. The van der Waals surface area contributed by atoms with Crippen LogP contribution in [0.2, 0.25) is 0 Å². The SMILES string of the molecule is CC(=O)Nc1ccc(-c2ccc(S(=O)(=O)Nc3cccc(CO)c3)cc2)cc1. The van der Waals surface area contributed by atoms with Crippen LogP contribution in [0, 0.1) is 0 Å². The molecule has 6 nitrogen and oxygen atoms in total. The zero-order valence-electron chi connectivity index (χ0n) is 15.2. The third-order valence-electron chi connectivity index (χ3n) is 4.06. The Kier molecular flexibility index (Phi) is 5.77. The van der Waals surface area contributed by atoms with E-state index in [0.717, 1.165) is 11.1 Å². The lowest BCUT2D eigenvalue weighted by Crippen LogP contribution is -2.13. The zero-order valence-corrected chi connectivity index (χ0v) is 16.0. The van der Waals surface area contributed by atoms with Crippen LogP contribution in [0.5, 0.6) is 0 Å². The molecule has 0 aliphatic carbocycles. The molecule has 144 valence electrons. The Balaban J connectivity index is 1.78. The molecular formula is C21H20N2O4S. The molecule has 3 rings (SSSR count). The van der Waals surface area contributed by atoms with Gasteiger partial charge in [-0.25, -0.2) is 8.42 Å². The lowest BCUT2D eigenvalue weighted by molar-refractivity contribution is -0.114. The first-order valence-corrected chi connectivity index (χ1v) is 10.1. The summed E-state index contributed by atoms with van der Waals surface area (Å²) in [6.45, 7) is 1.28. The smallest absolute Gasteiger partial charge is 0.261 e. The Labute approximate surface area is 163 Å². The lowest BCUT2D eigenvalue weighted by Gasteiger charge is -2.10. The number of rotatable bonds is 6. The maximum atomic E-state index is 12.6. The van der Waals surface area contributed by atoms with Gasteiger partial charge in [0, 0.05) is 18.3 Å². The van der Waals surface area contributed by atoms with Crippen molar-refractivity contribution in [2.45, 2.75) is 18.4 Å². The van der Waals surface area contributed by atoms with Gasteiger partial charge in [-0.05, 0) is 53.1 Å². The molecule has 0 unspecified atom stereocenters. The summed E-state index contributed by atoms with van der Waals surface area (Å²) in [7, 11) is -3.74. The van der Waals surface area contributed by atoms with E-state index >= 15 is 0 Å². The zero-order chi connectivity index (χ0) is 20.1. The van der Waals surface area contributed by atoms with Crippen LogP contribution in [0.25, 0.3) is 11.1 Å². The lowest BCUT2D eigenvalue weighted by atomic mass is 10.1. The maximum absolute atomic E-state index is 12.6. The van der Waals surface area contributed by atoms with Crippen LogP contribution in [0.4, 0.5) is 11.4 Å². The normalized spacial score (nSPS) is 11.1. The van der Waals surface area contributed by atoms with E-state index in [-0.39, 0.29) is 17.4 Å². The second-order valence-corrected chi connectivity index (χ2v) is 7.93. The Hall–Kier alpha value is -3.16. The number of carbonyl (C=O) groups is 1. The van der Waals surface area contributed by atoms with Crippen molar-refractivity contribution in [1.29, 1.82) is 0 Å². The van der Waals surface area contributed by atoms with Crippen molar-refractivity contribution in [3.63, 3.8) is 0 Å². The number of hydrogen-bond acceptors (Lipinski definition) is 4. The van der Waals surface area contributed by atoms with Crippen molar-refractivity contribution in [3.05, 3.63) is 78.4 Å². The monoisotopic (exact) mass is 396 g/mol. The summed E-state index contributed by atoms with van der Waals surface area (Å²) >= 11 is 0. The van der Waals surface area contributed by atoms with E-state index in [1.807, 2.05) is 12.1 Å². The summed E-state index contributed by atoms with van der Waals surface area (Å²) in [5, 5.41) is 11.9. The van der Waals surface area contributed by atoms with E-state index < -0.39 is 10.0 Å². The average molecular weight is 396 g/mol. The summed E-state index contributed by atoms with van der Waals surface area (Å²) in [6, 6.07) is 20.4. The molecule has 0 radical (unpaired) electrons. The number of sulfonamides is 1. The molecule has 1 amide bonds. The minimum absolute atomic E-state index is 0.139. The van der Waals surface area contributed by atoms with Gasteiger partial charge in [-0.3, -0.25) is 9.52 Å². The molecule has 0 heterocycles. The highest BCUT2D eigenvalue weighted by atomic mass is 32.2. The Morgan fingerprint density at radius 2 is 1.50 bits per heavy atom. The standard InChI is InChI=1S/C21H20N2O4S/c1-15(25)22-19-9-5-17(6-10-19)18-7-11-21(12-8-18)28(26,27)23-20-4-2-3-16(13-20)14-24/h2-13,23-24H,14H2,1H3,(H,22,25). The number of hydrogen-bond donors (Lipinski definition) is 3. The fourth-order valence-electron chi connectivity index (χ4n) is 2.72. The first kappa shape index (κ1) is 19.6. The molecule has 0 aliphatic rings. The largest absolute Gasteiger partial charge is 0.392 e. The molecule has 3 N–H and O–H groups in total. The van der Waals surface area contributed by atoms with E-state index in [1.54, 1.807) is 48.5 Å². The quantitative estimate of drug-likeness (QED) is 0.593. The third-order valence-corrected chi connectivity index (χ3v) is 5.46. The number of aliphatic hydroxyl groups excluding tert-OH is 1. The summed E-state index contributed by atoms with van der Waals surface area (Å²) < 4.78 is 27.7. The Morgan fingerprint density at radius 1 is 0.893 bits per heavy atom. The third kappa shape index (κ3) is 4.76. The fraction of sp³-hybridized carbons (Fsp3) is 0.0952. The molecule has 3 aromatic rings. The highest BCUT2D eigenvalue weighted by Gasteiger charge is 2.14. The van der Waals surface area contributed by atoms with Crippen molar-refractivity contribution >= 4 is 27.3 Å². The van der Waals surface area contributed by atoms with Crippen molar-refractivity contribution in [1.82, 2.24) is 0 Å². The summed E-state index contributed by atoms with van der Waals surface area (Å²) in [5.74, 6) is -0.140. The minimum atomic E-state index is -3.74. The number of nitrogens with one attached hydrogen (secondary N) is 2. The Morgan fingerprint density at radius 3 is 2.07 bits per heavy atom. The Bertz CT molecular complexity index is 1080. The first-order valence-electron chi connectivity index (χ1n) is 8.58. The van der Waals surface area contributed by atoms with Crippen LogP contribution in [-0.2, 0) is 21.4 Å². The van der Waals surface area contributed by atoms with Gasteiger partial charge < -0.3 is 10.4 Å². The van der Waals surface area contributed by atoms with Crippen LogP contribution >= 0.6 is 0 Å². The molecular weight excluding hydrogens is 376 g/mol. The molecule has 0 fully saturated rings. The molecule has 0 atom stereocenters.